The SMILES string of the molecule is Cn1nnnc1-c1cccc(NC(=O)COc2ccc(Cl)cc2)c1. The summed E-state index contributed by atoms with van der Waals surface area (Å²) >= 11 is 5.80. The van der Waals surface area contributed by atoms with E-state index in [1.165, 1.54) is 0 Å². The number of nitrogens with zero attached hydrogens (tertiary/aromatic N) is 4. The maximum Gasteiger partial charge on any atom is 0.262 e. The minimum Gasteiger partial charge on any atom is -0.484 e. The van der Waals surface area contributed by atoms with Gasteiger partial charge in [-0.25, -0.2) is 4.68 Å². The molecule has 1 N–H and O–H groups in total. The summed E-state index contributed by atoms with van der Waals surface area (Å²) in [6.07, 6.45) is 0. The number of hydrogen-bond donors (Lipinski definition) is 1. The predicted molar refractivity (Wildman–Crippen MR) is 89.8 cm³/mol. The zero-order valence-corrected chi connectivity index (χ0v) is 13.6. The summed E-state index contributed by atoms with van der Waals surface area (Å²) in [4.78, 5) is 12.0. The van der Waals surface area contributed by atoms with Gasteiger partial charge in [0.25, 0.3) is 5.91 Å². The van der Waals surface area contributed by atoms with Gasteiger partial charge in [0.1, 0.15) is 5.75 Å². The number of aromatic nitrogens is 4. The monoisotopic (exact) mass is 343 g/mol. The lowest BCUT2D eigenvalue weighted by molar-refractivity contribution is -0.118. The predicted octanol–water partition coefficient (Wildman–Crippen LogP) is 2.55. The second kappa shape index (κ2) is 7.10. The van der Waals surface area contributed by atoms with Gasteiger partial charge >= 0.3 is 0 Å². The normalized spacial score (nSPS) is 10.4. The van der Waals surface area contributed by atoms with Crippen molar-refractivity contribution in [1.29, 1.82) is 0 Å². The number of amides is 1. The fraction of sp³-hybridized carbons (Fsp3) is 0.125. The van der Waals surface area contributed by atoms with Crippen molar-refractivity contribution in [3.63, 3.8) is 0 Å². The minimum atomic E-state index is -0.266. The molecule has 0 fully saturated rings. The molecule has 0 aliphatic heterocycles. The summed E-state index contributed by atoms with van der Waals surface area (Å²) in [5, 5.41) is 14.7. The quantitative estimate of drug-likeness (QED) is 0.769. The zero-order valence-electron chi connectivity index (χ0n) is 12.8. The molecule has 0 saturated carbocycles. The van der Waals surface area contributed by atoms with E-state index in [1.54, 1.807) is 48.1 Å². The second-order valence-electron chi connectivity index (χ2n) is 5.00. The van der Waals surface area contributed by atoms with E-state index in [-0.39, 0.29) is 12.5 Å². The number of benzene rings is 2. The van der Waals surface area contributed by atoms with Gasteiger partial charge < -0.3 is 10.1 Å². The first kappa shape index (κ1) is 15.9. The van der Waals surface area contributed by atoms with Gasteiger partial charge in [0, 0.05) is 23.3 Å². The summed E-state index contributed by atoms with van der Waals surface area (Å²) in [5.41, 5.74) is 1.44. The van der Waals surface area contributed by atoms with E-state index < -0.39 is 0 Å². The summed E-state index contributed by atoms with van der Waals surface area (Å²) in [6.45, 7) is -0.0998. The smallest absolute Gasteiger partial charge is 0.262 e. The molecule has 3 rings (SSSR count). The molecule has 24 heavy (non-hydrogen) atoms. The van der Waals surface area contributed by atoms with Crippen LogP contribution in [0, 0.1) is 0 Å². The molecular formula is C16H14ClN5O2. The van der Waals surface area contributed by atoms with Gasteiger partial charge in [0.2, 0.25) is 0 Å². The Morgan fingerprint density at radius 3 is 2.75 bits per heavy atom. The van der Waals surface area contributed by atoms with E-state index in [9.17, 15) is 4.79 Å². The van der Waals surface area contributed by atoms with Crippen molar-refractivity contribution in [2.24, 2.45) is 7.05 Å². The van der Waals surface area contributed by atoms with Crippen LogP contribution in [0.15, 0.2) is 48.5 Å². The van der Waals surface area contributed by atoms with Crippen LogP contribution in [0.5, 0.6) is 5.75 Å². The van der Waals surface area contributed by atoms with Gasteiger partial charge in [-0.2, -0.15) is 0 Å². The van der Waals surface area contributed by atoms with Crippen LogP contribution in [0.2, 0.25) is 5.02 Å². The maximum absolute atomic E-state index is 12.0. The molecule has 0 bridgehead atoms. The lowest BCUT2D eigenvalue weighted by Gasteiger charge is -2.08. The first-order valence-electron chi connectivity index (χ1n) is 7.13. The maximum atomic E-state index is 12.0. The van der Waals surface area contributed by atoms with Crippen molar-refractivity contribution < 1.29 is 9.53 Å². The number of hydrogen-bond acceptors (Lipinski definition) is 5. The van der Waals surface area contributed by atoms with Gasteiger partial charge in [-0.15, -0.1) is 5.10 Å². The third kappa shape index (κ3) is 3.88. The first-order valence-corrected chi connectivity index (χ1v) is 7.50. The second-order valence-corrected chi connectivity index (χ2v) is 5.43. The highest BCUT2D eigenvalue weighted by molar-refractivity contribution is 6.30. The van der Waals surface area contributed by atoms with Gasteiger partial charge in [0.15, 0.2) is 12.4 Å². The van der Waals surface area contributed by atoms with E-state index in [2.05, 4.69) is 20.8 Å². The summed E-state index contributed by atoms with van der Waals surface area (Å²) in [6, 6.07) is 14.1. The van der Waals surface area contributed by atoms with Crippen LogP contribution in [-0.2, 0) is 11.8 Å². The van der Waals surface area contributed by atoms with Crippen LogP contribution in [0.25, 0.3) is 11.4 Å². The van der Waals surface area contributed by atoms with Crippen molar-refractivity contribution in [1.82, 2.24) is 20.2 Å². The molecule has 0 aliphatic carbocycles. The van der Waals surface area contributed by atoms with Gasteiger partial charge in [-0.3, -0.25) is 4.79 Å². The average molecular weight is 344 g/mol. The Bertz CT molecular complexity index is 848. The van der Waals surface area contributed by atoms with Crippen molar-refractivity contribution in [2.75, 3.05) is 11.9 Å². The number of halogens is 1. The number of carbonyl (C=O) groups is 1. The fourth-order valence-corrected chi connectivity index (χ4v) is 2.21. The number of anilines is 1. The highest BCUT2D eigenvalue weighted by Crippen LogP contribution is 2.20. The fourth-order valence-electron chi connectivity index (χ4n) is 2.09. The summed E-state index contributed by atoms with van der Waals surface area (Å²) in [5.74, 6) is 0.926. The molecule has 0 spiro atoms. The zero-order chi connectivity index (χ0) is 16.9. The highest BCUT2D eigenvalue weighted by atomic mass is 35.5. The minimum absolute atomic E-state index is 0.0998. The first-order chi connectivity index (χ1) is 11.6. The number of tetrazole rings is 1. The number of carbonyl (C=O) groups excluding carboxylic acids is 1. The van der Waals surface area contributed by atoms with Crippen LogP contribution in [0.3, 0.4) is 0 Å². The third-order valence-electron chi connectivity index (χ3n) is 3.21. The molecule has 3 aromatic rings. The topological polar surface area (TPSA) is 81.9 Å². The van der Waals surface area contributed by atoms with Gasteiger partial charge in [0.05, 0.1) is 0 Å². The standard InChI is InChI=1S/C16H14ClN5O2/c1-22-16(19-20-21-22)11-3-2-4-13(9-11)18-15(23)10-24-14-7-5-12(17)6-8-14/h2-9H,10H2,1H3,(H,18,23). The van der Waals surface area contributed by atoms with Crippen LogP contribution in [0.4, 0.5) is 5.69 Å². The Morgan fingerprint density at radius 1 is 1.25 bits per heavy atom. The van der Waals surface area contributed by atoms with Crippen LogP contribution in [0.1, 0.15) is 0 Å². The largest absolute Gasteiger partial charge is 0.484 e. The molecule has 1 heterocycles. The van der Waals surface area contributed by atoms with Crippen LogP contribution >= 0.6 is 11.6 Å². The van der Waals surface area contributed by atoms with E-state index in [1.807, 2.05) is 12.1 Å². The van der Waals surface area contributed by atoms with E-state index in [4.69, 9.17) is 16.3 Å². The molecule has 0 aliphatic rings. The number of nitrogens with one attached hydrogen (secondary N) is 1. The lowest BCUT2D eigenvalue weighted by Crippen LogP contribution is -2.20. The molecular weight excluding hydrogens is 330 g/mol. The highest BCUT2D eigenvalue weighted by Gasteiger charge is 2.08. The number of ether oxygens (including phenoxy) is 1. The molecule has 2 aromatic carbocycles. The Labute approximate surface area is 143 Å². The molecule has 0 saturated heterocycles. The van der Waals surface area contributed by atoms with Crippen LogP contribution in [-0.4, -0.2) is 32.7 Å². The Kier molecular flexibility index (Phi) is 4.72. The summed E-state index contributed by atoms with van der Waals surface area (Å²) in [7, 11) is 1.75. The van der Waals surface area contributed by atoms with E-state index in [0.29, 0.717) is 22.3 Å². The van der Waals surface area contributed by atoms with Crippen molar-refractivity contribution in [3.05, 3.63) is 53.6 Å². The molecule has 7 nitrogen and oxygen atoms in total. The lowest BCUT2D eigenvalue weighted by atomic mass is 10.2. The third-order valence-corrected chi connectivity index (χ3v) is 3.46. The van der Waals surface area contributed by atoms with Crippen molar-refractivity contribution >= 4 is 23.2 Å². The molecule has 1 amide bonds. The molecule has 0 unspecified atom stereocenters. The number of aryl methyl sites for hydroxylation is 1. The molecule has 8 heteroatoms. The van der Waals surface area contributed by atoms with Crippen molar-refractivity contribution in [2.45, 2.75) is 0 Å². The Balaban J connectivity index is 1.62. The molecule has 0 atom stereocenters. The Hall–Kier alpha value is -2.93. The van der Waals surface area contributed by atoms with Gasteiger partial charge in [-0.05, 0) is 46.8 Å². The Morgan fingerprint density at radius 2 is 2.04 bits per heavy atom. The van der Waals surface area contributed by atoms with Gasteiger partial charge in [-0.1, -0.05) is 23.7 Å². The van der Waals surface area contributed by atoms with E-state index in [0.717, 1.165) is 5.56 Å². The molecule has 122 valence electrons. The molecule has 1 aromatic heterocycles. The van der Waals surface area contributed by atoms with Crippen molar-refractivity contribution in [3.8, 4) is 17.1 Å². The molecule has 0 radical (unpaired) electrons. The average Bonchev–Trinajstić information content (AvgIpc) is 3.01. The van der Waals surface area contributed by atoms with Crippen LogP contribution < -0.4 is 10.1 Å². The summed E-state index contributed by atoms with van der Waals surface area (Å²) < 4.78 is 6.97. The van der Waals surface area contributed by atoms with E-state index >= 15 is 0 Å². The number of rotatable bonds is 5.